The Balaban J connectivity index is 1.88. The van der Waals surface area contributed by atoms with Crippen molar-refractivity contribution in [1.29, 1.82) is 0 Å². The molecule has 0 saturated heterocycles. The monoisotopic (exact) mass is 297 g/mol. The summed E-state index contributed by atoms with van der Waals surface area (Å²) >= 11 is 0. The molecule has 112 valence electrons. The Morgan fingerprint density at radius 2 is 2.00 bits per heavy atom. The molecule has 0 radical (unpaired) electrons. The van der Waals surface area contributed by atoms with Crippen molar-refractivity contribution >= 4 is 9.84 Å². The Morgan fingerprint density at radius 1 is 1.30 bits per heavy atom. The van der Waals surface area contributed by atoms with Gasteiger partial charge in [0, 0.05) is 17.9 Å². The number of sulfone groups is 1. The first-order chi connectivity index (χ1) is 9.38. The van der Waals surface area contributed by atoms with Crippen LogP contribution < -0.4 is 0 Å². The maximum absolute atomic E-state index is 11.8. The largest absolute Gasteiger partial charge is 0.410 e. The molecule has 0 N–H and O–H groups in total. The van der Waals surface area contributed by atoms with Crippen molar-refractivity contribution in [3.63, 3.8) is 0 Å². The van der Waals surface area contributed by atoms with Gasteiger partial charge in [-0.1, -0.05) is 6.08 Å². The standard InChI is InChI=1S/C15H23NO3S/c1-10-15(11(2)19-16(10)13-7-8-13)12-5-4-6-14(9-12)20(3,17)18/h9-10,13-14H,4-8H2,1-3H3. The lowest BCUT2D eigenvalue weighted by molar-refractivity contribution is -0.121. The summed E-state index contributed by atoms with van der Waals surface area (Å²) in [6, 6.07) is 0.791. The highest BCUT2D eigenvalue weighted by atomic mass is 32.2. The molecule has 2 unspecified atom stereocenters. The molecule has 2 aliphatic carbocycles. The molecule has 3 rings (SSSR count). The highest BCUT2D eigenvalue weighted by Gasteiger charge is 2.41. The van der Waals surface area contributed by atoms with Gasteiger partial charge in [-0.05, 0) is 51.5 Å². The number of nitrogens with zero attached hydrogens (tertiary/aromatic N) is 1. The van der Waals surface area contributed by atoms with Crippen LogP contribution in [-0.4, -0.2) is 37.1 Å². The van der Waals surface area contributed by atoms with Gasteiger partial charge in [0.1, 0.15) is 5.76 Å². The van der Waals surface area contributed by atoms with E-state index in [-0.39, 0.29) is 11.3 Å². The van der Waals surface area contributed by atoms with Gasteiger partial charge in [0.05, 0.1) is 11.3 Å². The summed E-state index contributed by atoms with van der Waals surface area (Å²) < 4.78 is 23.6. The normalized spacial score (nSPS) is 32.2. The van der Waals surface area contributed by atoms with Gasteiger partial charge in [0.25, 0.3) is 0 Å². The zero-order valence-electron chi connectivity index (χ0n) is 12.4. The lowest BCUT2D eigenvalue weighted by atomic mass is 9.89. The van der Waals surface area contributed by atoms with Gasteiger partial charge in [-0.2, -0.15) is 0 Å². The van der Waals surface area contributed by atoms with Crippen LogP contribution in [0.2, 0.25) is 0 Å². The Hall–Kier alpha value is -0.810. The number of hydroxylamine groups is 2. The second kappa shape index (κ2) is 4.88. The Kier molecular flexibility index (Phi) is 3.45. The first-order valence-electron chi connectivity index (χ1n) is 7.45. The number of hydrogen-bond acceptors (Lipinski definition) is 4. The minimum atomic E-state index is -2.99. The van der Waals surface area contributed by atoms with Crippen molar-refractivity contribution in [2.45, 2.75) is 63.3 Å². The maximum Gasteiger partial charge on any atom is 0.153 e. The van der Waals surface area contributed by atoms with E-state index in [1.165, 1.54) is 30.2 Å². The van der Waals surface area contributed by atoms with Crippen molar-refractivity contribution in [2.24, 2.45) is 0 Å². The molecule has 5 heteroatoms. The van der Waals surface area contributed by atoms with E-state index in [0.717, 1.165) is 25.0 Å². The van der Waals surface area contributed by atoms with Crippen LogP contribution in [0, 0.1) is 0 Å². The molecule has 20 heavy (non-hydrogen) atoms. The van der Waals surface area contributed by atoms with Crippen molar-refractivity contribution in [1.82, 2.24) is 5.06 Å². The summed E-state index contributed by atoms with van der Waals surface area (Å²) in [5.41, 5.74) is 2.39. The molecule has 0 spiro atoms. The van der Waals surface area contributed by atoms with Gasteiger partial charge in [-0.3, -0.25) is 0 Å². The molecular formula is C15H23NO3S. The third-order valence-corrected chi connectivity index (χ3v) is 6.02. The zero-order chi connectivity index (χ0) is 14.5. The molecule has 0 aromatic rings. The molecule has 2 atom stereocenters. The predicted molar refractivity (Wildman–Crippen MR) is 78.7 cm³/mol. The summed E-state index contributed by atoms with van der Waals surface area (Å²) in [7, 11) is -2.99. The zero-order valence-corrected chi connectivity index (χ0v) is 13.2. The van der Waals surface area contributed by atoms with Crippen LogP contribution in [0.25, 0.3) is 0 Å². The molecule has 0 aromatic carbocycles. The highest BCUT2D eigenvalue weighted by Crippen LogP contribution is 2.41. The van der Waals surface area contributed by atoms with Crippen LogP contribution in [0.3, 0.4) is 0 Å². The van der Waals surface area contributed by atoms with Crippen molar-refractivity contribution in [3.8, 4) is 0 Å². The molecule has 0 aromatic heterocycles. The highest BCUT2D eigenvalue weighted by molar-refractivity contribution is 7.91. The summed E-state index contributed by atoms with van der Waals surface area (Å²) in [6.45, 7) is 4.16. The van der Waals surface area contributed by atoms with Crippen LogP contribution in [0.4, 0.5) is 0 Å². The van der Waals surface area contributed by atoms with E-state index in [1.807, 2.05) is 13.0 Å². The molecule has 1 aliphatic heterocycles. The minimum Gasteiger partial charge on any atom is -0.410 e. The first-order valence-corrected chi connectivity index (χ1v) is 9.40. The Labute approximate surface area is 121 Å². The number of allylic oxidation sites excluding steroid dienone is 1. The van der Waals surface area contributed by atoms with Crippen LogP contribution in [0.1, 0.15) is 46.0 Å². The predicted octanol–water partition coefficient (Wildman–Crippen LogP) is 2.58. The summed E-state index contributed by atoms with van der Waals surface area (Å²) in [6.07, 6.45) is 8.36. The lowest BCUT2D eigenvalue weighted by Crippen LogP contribution is -2.31. The molecular weight excluding hydrogens is 274 g/mol. The number of hydrogen-bond donors (Lipinski definition) is 0. The average Bonchev–Trinajstić information content (AvgIpc) is 3.15. The molecule has 1 heterocycles. The molecule has 0 bridgehead atoms. The topological polar surface area (TPSA) is 46.6 Å². The summed E-state index contributed by atoms with van der Waals surface area (Å²) in [5.74, 6) is 0.949. The van der Waals surface area contributed by atoms with Crippen LogP contribution in [0.15, 0.2) is 23.0 Å². The fraction of sp³-hybridized carbons (Fsp3) is 0.733. The minimum absolute atomic E-state index is 0.243. The fourth-order valence-corrected chi connectivity index (χ4v) is 4.38. The van der Waals surface area contributed by atoms with Gasteiger partial charge < -0.3 is 4.84 Å². The van der Waals surface area contributed by atoms with Gasteiger partial charge >= 0.3 is 0 Å². The molecule has 3 aliphatic rings. The van der Waals surface area contributed by atoms with Crippen molar-refractivity contribution < 1.29 is 13.3 Å². The average molecular weight is 297 g/mol. The van der Waals surface area contributed by atoms with Crippen LogP contribution in [-0.2, 0) is 14.7 Å². The Bertz CT molecular complexity index is 572. The van der Waals surface area contributed by atoms with E-state index in [0.29, 0.717) is 6.04 Å². The second-order valence-electron chi connectivity index (χ2n) is 6.28. The molecule has 4 nitrogen and oxygen atoms in total. The lowest BCUT2D eigenvalue weighted by Gasteiger charge is -2.24. The Morgan fingerprint density at radius 3 is 2.60 bits per heavy atom. The molecule has 0 amide bonds. The van der Waals surface area contributed by atoms with Crippen molar-refractivity contribution in [2.75, 3.05) is 6.26 Å². The molecule has 1 saturated carbocycles. The maximum atomic E-state index is 11.8. The summed E-state index contributed by atoms with van der Waals surface area (Å²) in [5, 5.41) is 1.77. The first kappa shape index (κ1) is 14.1. The van der Waals surface area contributed by atoms with Crippen LogP contribution >= 0.6 is 0 Å². The van der Waals surface area contributed by atoms with E-state index in [9.17, 15) is 8.42 Å². The van der Waals surface area contributed by atoms with Gasteiger partial charge in [0.2, 0.25) is 0 Å². The van der Waals surface area contributed by atoms with Crippen LogP contribution in [0.5, 0.6) is 0 Å². The third-order valence-electron chi connectivity index (χ3n) is 4.55. The van der Waals surface area contributed by atoms with Crippen molar-refractivity contribution in [3.05, 3.63) is 23.0 Å². The summed E-state index contributed by atoms with van der Waals surface area (Å²) in [4.78, 5) is 5.91. The number of rotatable bonds is 3. The second-order valence-corrected chi connectivity index (χ2v) is 8.54. The van der Waals surface area contributed by atoms with Gasteiger partial charge in [0.15, 0.2) is 9.84 Å². The quantitative estimate of drug-likeness (QED) is 0.803. The smallest absolute Gasteiger partial charge is 0.153 e. The van der Waals surface area contributed by atoms with E-state index >= 15 is 0 Å². The third kappa shape index (κ3) is 2.53. The van der Waals surface area contributed by atoms with E-state index in [4.69, 9.17) is 4.84 Å². The molecule has 1 fully saturated rings. The van der Waals surface area contributed by atoms with E-state index in [2.05, 4.69) is 12.0 Å². The van der Waals surface area contributed by atoms with E-state index in [1.54, 1.807) is 0 Å². The van der Waals surface area contributed by atoms with Gasteiger partial charge in [-0.25, -0.2) is 8.42 Å². The van der Waals surface area contributed by atoms with Gasteiger partial charge in [-0.15, -0.1) is 5.06 Å². The SMILES string of the molecule is CC1=C(C2=CC(S(C)(=O)=O)CCC2)C(C)N(C2CC2)O1. The fourth-order valence-electron chi connectivity index (χ4n) is 3.37. The van der Waals surface area contributed by atoms with E-state index < -0.39 is 9.84 Å².